The molecule has 2 heterocycles. The summed E-state index contributed by atoms with van der Waals surface area (Å²) in [6, 6.07) is 17.2. The van der Waals surface area contributed by atoms with Crippen molar-refractivity contribution >= 4 is 11.2 Å². The van der Waals surface area contributed by atoms with Crippen molar-refractivity contribution in [3.8, 4) is 11.4 Å². The average molecular weight is 319 g/mol. The summed E-state index contributed by atoms with van der Waals surface area (Å²) in [5.41, 5.74) is 2.62. The van der Waals surface area contributed by atoms with Crippen molar-refractivity contribution in [1.82, 2.24) is 14.5 Å². The third-order valence-corrected chi connectivity index (χ3v) is 3.85. The van der Waals surface area contributed by atoms with Gasteiger partial charge in [0, 0.05) is 12.6 Å². The van der Waals surface area contributed by atoms with Gasteiger partial charge in [-0.05, 0) is 42.0 Å². The predicted molar refractivity (Wildman–Crippen MR) is 89.7 cm³/mol. The van der Waals surface area contributed by atoms with Crippen LogP contribution in [-0.4, -0.2) is 19.6 Å². The number of pyridine rings is 1. The second-order valence-electron chi connectivity index (χ2n) is 5.51. The minimum Gasteiger partial charge on any atom is -0.508 e. The number of imidazole rings is 1. The number of benzene rings is 2. The Labute approximate surface area is 137 Å². The number of fused-ring (bicyclic) bond motifs is 1. The highest BCUT2D eigenvalue weighted by Crippen LogP contribution is 2.24. The molecule has 4 rings (SSSR count). The van der Waals surface area contributed by atoms with Crippen LogP contribution in [0.5, 0.6) is 5.75 Å². The van der Waals surface area contributed by atoms with E-state index in [4.69, 9.17) is 0 Å². The first-order chi connectivity index (χ1) is 11.7. The molecular weight excluding hydrogens is 305 g/mol. The van der Waals surface area contributed by atoms with Crippen LogP contribution in [0.3, 0.4) is 0 Å². The van der Waals surface area contributed by atoms with Gasteiger partial charge in [0.1, 0.15) is 22.9 Å². The van der Waals surface area contributed by atoms with E-state index in [0.717, 1.165) is 5.56 Å². The fraction of sp³-hybridized carbons (Fsp3) is 0.0526. The quantitative estimate of drug-likeness (QED) is 0.624. The van der Waals surface area contributed by atoms with Gasteiger partial charge in [0.25, 0.3) is 0 Å². The topological polar surface area (TPSA) is 50.9 Å². The van der Waals surface area contributed by atoms with Gasteiger partial charge >= 0.3 is 0 Å². The number of halogens is 1. The molecular formula is C19H14FN3O. The summed E-state index contributed by atoms with van der Waals surface area (Å²) in [4.78, 5) is 8.97. The van der Waals surface area contributed by atoms with Crippen molar-refractivity contribution in [3.63, 3.8) is 0 Å². The van der Waals surface area contributed by atoms with Gasteiger partial charge in [0.05, 0.1) is 5.69 Å². The SMILES string of the molecule is Oc1cccc(Cc2nc3cccnc3n2-c2ccccc2F)c1. The lowest BCUT2D eigenvalue weighted by molar-refractivity contribution is 0.474. The minimum absolute atomic E-state index is 0.194. The van der Waals surface area contributed by atoms with Gasteiger partial charge < -0.3 is 5.11 Å². The van der Waals surface area contributed by atoms with Crippen molar-refractivity contribution in [2.24, 2.45) is 0 Å². The lowest BCUT2D eigenvalue weighted by Crippen LogP contribution is -2.05. The Kier molecular flexibility index (Phi) is 3.46. The Morgan fingerprint density at radius 2 is 1.88 bits per heavy atom. The van der Waals surface area contributed by atoms with E-state index in [1.54, 1.807) is 53.2 Å². The van der Waals surface area contributed by atoms with Gasteiger partial charge in [0.15, 0.2) is 5.65 Å². The van der Waals surface area contributed by atoms with Crippen LogP contribution in [0, 0.1) is 5.82 Å². The predicted octanol–water partition coefficient (Wildman–Crippen LogP) is 3.86. The molecule has 24 heavy (non-hydrogen) atoms. The highest BCUT2D eigenvalue weighted by molar-refractivity contribution is 5.74. The second-order valence-corrected chi connectivity index (χ2v) is 5.51. The molecule has 4 aromatic rings. The minimum atomic E-state index is -0.334. The van der Waals surface area contributed by atoms with Crippen molar-refractivity contribution in [3.05, 3.63) is 84.1 Å². The summed E-state index contributed by atoms with van der Waals surface area (Å²) in [6.07, 6.45) is 2.12. The monoisotopic (exact) mass is 319 g/mol. The maximum absolute atomic E-state index is 14.3. The molecule has 1 N–H and O–H groups in total. The van der Waals surface area contributed by atoms with Crippen LogP contribution in [0.25, 0.3) is 16.9 Å². The molecule has 0 fully saturated rings. The normalized spacial score (nSPS) is 11.0. The molecule has 0 aliphatic heterocycles. The Balaban J connectivity index is 1.92. The van der Waals surface area contributed by atoms with Crippen LogP contribution in [0.2, 0.25) is 0 Å². The van der Waals surface area contributed by atoms with Crippen molar-refractivity contribution in [2.45, 2.75) is 6.42 Å². The lowest BCUT2D eigenvalue weighted by atomic mass is 10.1. The number of rotatable bonds is 3. The van der Waals surface area contributed by atoms with E-state index in [2.05, 4.69) is 9.97 Å². The molecule has 0 aliphatic carbocycles. The molecule has 0 bridgehead atoms. The molecule has 0 saturated heterocycles. The Bertz CT molecular complexity index is 1030. The number of para-hydroxylation sites is 1. The number of phenols is 1. The summed E-state index contributed by atoms with van der Waals surface area (Å²) in [5.74, 6) is 0.526. The van der Waals surface area contributed by atoms with Gasteiger partial charge in [-0.25, -0.2) is 14.4 Å². The van der Waals surface area contributed by atoms with E-state index in [0.29, 0.717) is 29.1 Å². The molecule has 0 amide bonds. The first kappa shape index (κ1) is 14.4. The number of hydrogen-bond acceptors (Lipinski definition) is 3. The van der Waals surface area contributed by atoms with Gasteiger partial charge in [-0.2, -0.15) is 0 Å². The molecule has 118 valence electrons. The van der Waals surface area contributed by atoms with E-state index in [9.17, 15) is 9.50 Å². The van der Waals surface area contributed by atoms with Crippen LogP contribution in [0.4, 0.5) is 4.39 Å². The van der Waals surface area contributed by atoms with Gasteiger partial charge in [-0.15, -0.1) is 0 Å². The fourth-order valence-electron chi connectivity index (χ4n) is 2.81. The molecule has 2 aromatic heterocycles. The lowest BCUT2D eigenvalue weighted by Gasteiger charge is -2.10. The maximum Gasteiger partial charge on any atom is 0.164 e. The zero-order valence-electron chi connectivity index (χ0n) is 12.7. The van der Waals surface area contributed by atoms with Crippen LogP contribution < -0.4 is 0 Å². The highest BCUT2D eigenvalue weighted by atomic mass is 19.1. The summed E-state index contributed by atoms with van der Waals surface area (Å²) in [5, 5.41) is 9.66. The van der Waals surface area contributed by atoms with Crippen LogP contribution in [-0.2, 0) is 6.42 Å². The van der Waals surface area contributed by atoms with Crippen molar-refractivity contribution in [2.75, 3.05) is 0 Å². The standard InChI is InChI=1S/C19H14FN3O/c20-15-7-1-2-9-17(15)23-18(12-13-5-3-6-14(24)11-13)22-16-8-4-10-21-19(16)23/h1-11,24H,12H2. The molecule has 0 radical (unpaired) electrons. The molecule has 0 atom stereocenters. The Hall–Kier alpha value is -3.21. The van der Waals surface area contributed by atoms with E-state index < -0.39 is 0 Å². The number of nitrogens with zero attached hydrogens (tertiary/aromatic N) is 3. The van der Waals surface area contributed by atoms with Crippen LogP contribution >= 0.6 is 0 Å². The first-order valence-electron chi connectivity index (χ1n) is 7.57. The molecule has 5 heteroatoms. The zero-order chi connectivity index (χ0) is 16.5. The van der Waals surface area contributed by atoms with E-state index >= 15 is 0 Å². The number of aromatic nitrogens is 3. The van der Waals surface area contributed by atoms with Crippen molar-refractivity contribution < 1.29 is 9.50 Å². The molecule has 0 spiro atoms. The van der Waals surface area contributed by atoms with Gasteiger partial charge in [0.2, 0.25) is 0 Å². The molecule has 0 saturated carbocycles. The van der Waals surface area contributed by atoms with Crippen LogP contribution in [0.1, 0.15) is 11.4 Å². The number of aromatic hydroxyl groups is 1. The number of phenolic OH excluding ortho intramolecular Hbond substituents is 1. The second kappa shape index (κ2) is 5.77. The maximum atomic E-state index is 14.3. The zero-order valence-corrected chi connectivity index (χ0v) is 12.7. The Morgan fingerprint density at radius 3 is 2.71 bits per heavy atom. The summed E-state index contributed by atoms with van der Waals surface area (Å²) < 4.78 is 16.1. The summed E-state index contributed by atoms with van der Waals surface area (Å²) in [6.45, 7) is 0. The number of hydrogen-bond donors (Lipinski definition) is 1. The molecule has 0 unspecified atom stereocenters. The first-order valence-corrected chi connectivity index (χ1v) is 7.57. The molecule has 2 aromatic carbocycles. The van der Waals surface area contributed by atoms with E-state index in [-0.39, 0.29) is 11.6 Å². The molecule has 4 nitrogen and oxygen atoms in total. The third-order valence-electron chi connectivity index (χ3n) is 3.85. The largest absolute Gasteiger partial charge is 0.508 e. The third kappa shape index (κ3) is 2.50. The summed E-state index contributed by atoms with van der Waals surface area (Å²) in [7, 11) is 0. The van der Waals surface area contributed by atoms with E-state index in [1.807, 2.05) is 12.1 Å². The Morgan fingerprint density at radius 1 is 1.00 bits per heavy atom. The van der Waals surface area contributed by atoms with Gasteiger partial charge in [-0.1, -0.05) is 24.3 Å². The van der Waals surface area contributed by atoms with E-state index in [1.165, 1.54) is 6.07 Å². The average Bonchev–Trinajstić information content (AvgIpc) is 2.93. The van der Waals surface area contributed by atoms with Crippen LogP contribution in [0.15, 0.2) is 66.9 Å². The smallest absolute Gasteiger partial charge is 0.164 e. The summed E-state index contributed by atoms with van der Waals surface area (Å²) >= 11 is 0. The molecule has 0 aliphatic rings. The van der Waals surface area contributed by atoms with Gasteiger partial charge in [-0.3, -0.25) is 4.57 Å². The fourth-order valence-corrected chi connectivity index (χ4v) is 2.81. The van der Waals surface area contributed by atoms with Crippen molar-refractivity contribution in [1.29, 1.82) is 0 Å². The highest BCUT2D eigenvalue weighted by Gasteiger charge is 2.16.